The number of nitrogens with zero attached hydrogens (tertiary/aromatic N) is 3. The minimum Gasteiger partial charge on any atom is -0.368 e. The molecule has 0 bridgehead atoms. The van der Waals surface area contributed by atoms with Crippen molar-refractivity contribution in [2.45, 2.75) is 13.3 Å². The molecule has 0 spiro atoms. The first-order valence-corrected chi connectivity index (χ1v) is 8.57. The maximum atomic E-state index is 5.99. The first-order chi connectivity index (χ1) is 12.1. The first kappa shape index (κ1) is 17.5. The number of benzene rings is 2. The standard InChI is InChI=1S/C18H17Cl2N5/c1-12-9-15(20)5-6-16(12)23-18-24-17(11-22-25-18)21-8-7-13-3-2-4-14(19)10-13/h2-6,9-11H,7-8H2,1H3,(H2,21,23,24,25). The maximum absolute atomic E-state index is 5.99. The molecular formula is C18H17Cl2N5. The van der Waals surface area contributed by atoms with Gasteiger partial charge in [0.2, 0.25) is 5.95 Å². The Morgan fingerprint density at radius 3 is 2.68 bits per heavy atom. The topological polar surface area (TPSA) is 62.7 Å². The van der Waals surface area contributed by atoms with Crippen molar-refractivity contribution >= 4 is 40.7 Å². The number of rotatable bonds is 6. The Hall–Kier alpha value is -2.37. The van der Waals surface area contributed by atoms with Gasteiger partial charge in [0, 0.05) is 22.3 Å². The van der Waals surface area contributed by atoms with Crippen LogP contribution >= 0.6 is 23.2 Å². The number of halogens is 2. The van der Waals surface area contributed by atoms with Crippen molar-refractivity contribution in [3.63, 3.8) is 0 Å². The molecule has 0 radical (unpaired) electrons. The van der Waals surface area contributed by atoms with E-state index in [1.165, 1.54) is 0 Å². The highest BCUT2D eigenvalue weighted by Crippen LogP contribution is 2.22. The van der Waals surface area contributed by atoms with Gasteiger partial charge in [-0.3, -0.25) is 0 Å². The Morgan fingerprint density at radius 1 is 1.04 bits per heavy atom. The van der Waals surface area contributed by atoms with E-state index in [0.29, 0.717) is 16.8 Å². The highest BCUT2D eigenvalue weighted by Gasteiger charge is 2.04. The molecule has 0 unspecified atom stereocenters. The Bertz CT molecular complexity index is 870. The van der Waals surface area contributed by atoms with E-state index >= 15 is 0 Å². The molecule has 0 saturated carbocycles. The summed E-state index contributed by atoms with van der Waals surface area (Å²) in [4.78, 5) is 4.43. The molecule has 0 atom stereocenters. The van der Waals surface area contributed by atoms with Crippen LogP contribution in [0.15, 0.2) is 48.7 Å². The summed E-state index contributed by atoms with van der Waals surface area (Å²) in [7, 11) is 0. The average molecular weight is 374 g/mol. The van der Waals surface area contributed by atoms with Crippen molar-refractivity contribution in [1.82, 2.24) is 15.2 Å². The third-order valence-corrected chi connectivity index (χ3v) is 4.07. The molecule has 2 aromatic carbocycles. The summed E-state index contributed by atoms with van der Waals surface area (Å²) in [5.41, 5.74) is 3.06. The number of hydrogen-bond donors (Lipinski definition) is 2. The van der Waals surface area contributed by atoms with Gasteiger partial charge in [0.15, 0.2) is 5.82 Å². The van der Waals surface area contributed by atoms with Gasteiger partial charge in [0.1, 0.15) is 0 Å². The Morgan fingerprint density at radius 2 is 1.88 bits per heavy atom. The van der Waals surface area contributed by atoms with Gasteiger partial charge in [-0.1, -0.05) is 35.3 Å². The predicted molar refractivity (Wildman–Crippen MR) is 103 cm³/mol. The second kappa shape index (κ2) is 8.14. The van der Waals surface area contributed by atoms with Crippen molar-refractivity contribution in [3.8, 4) is 0 Å². The van der Waals surface area contributed by atoms with Crippen LogP contribution in [0.3, 0.4) is 0 Å². The SMILES string of the molecule is Cc1cc(Cl)ccc1Nc1nncc(NCCc2cccc(Cl)c2)n1. The van der Waals surface area contributed by atoms with Crippen LogP contribution in [0.5, 0.6) is 0 Å². The average Bonchev–Trinajstić information content (AvgIpc) is 2.58. The fourth-order valence-electron chi connectivity index (χ4n) is 2.36. The van der Waals surface area contributed by atoms with Gasteiger partial charge in [-0.05, 0) is 54.8 Å². The lowest BCUT2D eigenvalue weighted by molar-refractivity contribution is 0.950. The summed E-state index contributed by atoms with van der Waals surface area (Å²) in [6.07, 6.45) is 2.43. The van der Waals surface area contributed by atoms with Gasteiger partial charge in [0.05, 0.1) is 6.20 Å². The number of nitrogens with one attached hydrogen (secondary N) is 2. The van der Waals surface area contributed by atoms with Crippen molar-refractivity contribution in [3.05, 3.63) is 69.8 Å². The molecule has 0 fully saturated rings. The van der Waals surface area contributed by atoms with E-state index in [1.54, 1.807) is 6.20 Å². The summed E-state index contributed by atoms with van der Waals surface area (Å²) < 4.78 is 0. The zero-order valence-electron chi connectivity index (χ0n) is 13.6. The van der Waals surface area contributed by atoms with Crippen LogP contribution in [0.1, 0.15) is 11.1 Å². The van der Waals surface area contributed by atoms with Gasteiger partial charge in [0.25, 0.3) is 0 Å². The van der Waals surface area contributed by atoms with Crippen LogP contribution in [0.25, 0.3) is 0 Å². The fourth-order valence-corrected chi connectivity index (χ4v) is 2.80. The molecule has 3 aromatic rings. The Kier molecular flexibility index (Phi) is 5.68. The Labute approximate surface area is 156 Å². The van der Waals surface area contributed by atoms with Crippen LogP contribution in [-0.2, 0) is 6.42 Å². The minimum absolute atomic E-state index is 0.429. The molecular weight excluding hydrogens is 357 g/mol. The summed E-state index contributed by atoms with van der Waals surface area (Å²) in [5.74, 6) is 1.09. The third-order valence-electron chi connectivity index (χ3n) is 3.60. The van der Waals surface area contributed by atoms with E-state index in [2.05, 4.69) is 25.8 Å². The zero-order chi connectivity index (χ0) is 17.6. The summed E-state index contributed by atoms with van der Waals surface area (Å²) in [6.45, 7) is 2.69. The molecule has 0 aliphatic carbocycles. The molecule has 0 saturated heterocycles. The molecule has 7 heteroatoms. The van der Waals surface area contributed by atoms with Gasteiger partial charge in [-0.2, -0.15) is 10.1 Å². The second-order valence-electron chi connectivity index (χ2n) is 5.56. The van der Waals surface area contributed by atoms with Crippen molar-refractivity contribution < 1.29 is 0 Å². The van der Waals surface area contributed by atoms with Crippen molar-refractivity contribution in [1.29, 1.82) is 0 Å². The predicted octanol–water partition coefficient (Wildman–Crippen LogP) is 4.89. The molecule has 1 aromatic heterocycles. The number of aryl methyl sites for hydroxylation is 1. The molecule has 1 heterocycles. The van der Waals surface area contributed by atoms with E-state index in [4.69, 9.17) is 23.2 Å². The quantitative estimate of drug-likeness (QED) is 0.644. The van der Waals surface area contributed by atoms with Gasteiger partial charge in [-0.25, -0.2) is 0 Å². The fraction of sp³-hybridized carbons (Fsp3) is 0.167. The van der Waals surface area contributed by atoms with Crippen LogP contribution in [0.2, 0.25) is 10.0 Å². The zero-order valence-corrected chi connectivity index (χ0v) is 15.1. The molecule has 2 N–H and O–H groups in total. The Balaban J connectivity index is 1.61. The van der Waals surface area contributed by atoms with Crippen molar-refractivity contribution in [2.75, 3.05) is 17.2 Å². The lowest BCUT2D eigenvalue weighted by Crippen LogP contribution is -2.09. The first-order valence-electron chi connectivity index (χ1n) is 7.81. The molecule has 0 amide bonds. The van der Waals surface area contributed by atoms with E-state index in [9.17, 15) is 0 Å². The van der Waals surface area contributed by atoms with Gasteiger partial charge >= 0.3 is 0 Å². The van der Waals surface area contributed by atoms with Crippen LogP contribution < -0.4 is 10.6 Å². The highest BCUT2D eigenvalue weighted by molar-refractivity contribution is 6.31. The van der Waals surface area contributed by atoms with Crippen LogP contribution in [0, 0.1) is 6.92 Å². The number of aromatic nitrogens is 3. The van der Waals surface area contributed by atoms with E-state index < -0.39 is 0 Å². The van der Waals surface area contributed by atoms with E-state index in [-0.39, 0.29) is 0 Å². The van der Waals surface area contributed by atoms with E-state index in [0.717, 1.165) is 34.8 Å². The normalized spacial score (nSPS) is 10.5. The smallest absolute Gasteiger partial charge is 0.249 e. The summed E-state index contributed by atoms with van der Waals surface area (Å²) in [6, 6.07) is 13.4. The second-order valence-corrected chi connectivity index (χ2v) is 6.43. The maximum Gasteiger partial charge on any atom is 0.249 e. The largest absolute Gasteiger partial charge is 0.368 e. The molecule has 128 valence electrons. The van der Waals surface area contributed by atoms with E-state index in [1.807, 2.05) is 49.4 Å². The number of hydrogen-bond acceptors (Lipinski definition) is 5. The minimum atomic E-state index is 0.429. The van der Waals surface area contributed by atoms with Crippen molar-refractivity contribution in [2.24, 2.45) is 0 Å². The van der Waals surface area contributed by atoms with Gasteiger partial charge < -0.3 is 10.6 Å². The number of anilines is 3. The lowest BCUT2D eigenvalue weighted by Gasteiger charge is -2.10. The molecule has 25 heavy (non-hydrogen) atoms. The summed E-state index contributed by atoms with van der Waals surface area (Å²) in [5, 5.41) is 15.8. The molecule has 0 aliphatic heterocycles. The molecule has 5 nitrogen and oxygen atoms in total. The summed E-state index contributed by atoms with van der Waals surface area (Å²) >= 11 is 12.0. The van der Waals surface area contributed by atoms with Crippen LogP contribution in [0.4, 0.5) is 17.5 Å². The molecule has 3 rings (SSSR count). The third kappa shape index (κ3) is 5.05. The van der Waals surface area contributed by atoms with Crippen LogP contribution in [-0.4, -0.2) is 21.7 Å². The monoisotopic (exact) mass is 373 g/mol. The molecule has 0 aliphatic rings. The highest BCUT2D eigenvalue weighted by atomic mass is 35.5. The lowest BCUT2D eigenvalue weighted by atomic mass is 10.1. The van der Waals surface area contributed by atoms with Gasteiger partial charge in [-0.15, -0.1) is 5.10 Å².